The zero-order chi connectivity index (χ0) is 21.9. The van der Waals surface area contributed by atoms with E-state index in [0.717, 1.165) is 0 Å². The maximum atomic E-state index is 2.39. The Morgan fingerprint density at radius 2 is 0.781 bits per heavy atom. The maximum absolute atomic E-state index is 2.39. The molecule has 1 radical (unpaired) electrons. The molecule has 32 heavy (non-hydrogen) atoms. The van der Waals surface area contributed by atoms with Gasteiger partial charge < -0.3 is 0 Å². The summed E-state index contributed by atoms with van der Waals surface area (Å²) in [6.07, 6.45) is 2.32. The van der Waals surface area contributed by atoms with E-state index in [9.17, 15) is 0 Å². The summed E-state index contributed by atoms with van der Waals surface area (Å²) in [5.41, 5.74) is 18.7. The van der Waals surface area contributed by atoms with Crippen LogP contribution in [-0.4, -0.2) is 0 Å². The number of fused-ring (bicyclic) bond motifs is 3. The minimum atomic E-state index is 0. The average molecular weight is 449 g/mol. The molecule has 0 aliphatic heterocycles. The third-order valence-corrected chi connectivity index (χ3v) is 6.64. The van der Waals surface area contributed by atoms with Gasteiger partial charge in [0.15, 0.2) is 0 Å². The van der Waals surface area contributed by atoms with Crippen molar-refractivity contribution in [3.63, 3.8) is 0 Å². The van der Waals surface area contributed by atoms with Crippen LogP contribution in [0, 0.1) is 48.0 Å². The maximum Gasteiger partial charge on any atom is 0.0211 e. The molecule has 0 N–H and O–H groups in total. The van der Waals surface area contributed by atoms with Crippen LogP contribution in [-0.2, 0) is 21.7 Å². The van der Waals surface area contributed by atoms with Gasteiger partial charge in [-0.05, 0) is 120 Å². The fourth-order valence-corrected chi connectivity index (χ4v) is 5.58. The molecule has 1 aliphatic carbocycles. The molecule has 0 bridgehead atoms. The largest absolute Gasteiger partial charge is 0.0571 e. The van der Waals surface area contributed by atoms with Crippen LogP contribution < -0.4 is 0 Å². The molecule has 1 heteroatoms. The van der Waals surface area contributed by atoms with E-state index in [0.29, 0.717) is 0 Å². The van der Waals surface area contributed by atoms with Gasteiger partial charge in [0.2, 0.25) is 0 Å². The van der Waals surface area contributed by atoms with Crippen molar-refractivity contribution in [2.24, 2.45) is 0 Å². The van der Waals surface area contributed by atoms with Crippen LogP contribution in [0.4, 0.5) is 0 Å². The molecule has 0 spiro atoms. The Morgan fingerprint density at radius 3 is 1.12 bits per heavy atom. The van der Waals surface area contributed by atoms with Crippen LogP contribution in [0.2, 0.25) is 0 Å². The van der Waals surface area contributed by atoms with Gasteiger partial charge in [0.25, 0.3) is 0 Å². The van der Waals surface area contributed by atoms with E-state index in [1.54, 1.807) is 0 Å². The normalized spacial score (nSPS) is 11.7. The van der Waals surface area contributed by atoms with Gasteiger partial charge in [0.1, 0.15) is 0 Å². The van der Waals surface area contributed by atoms with Gasteiger partial charge in [0.05, 0.1) is 0 Å². The Morgan fingerprint density at radius 1 is 0.438 bits per heavy atom. The summed E-state index contributed by atoms with van der Waals surface area (Å²) in [5.74, 6) is 0. The van der Waals surface area contributed by atoms with Crippen molar-refractivity contribution >= 4 is 0 Å². The number of hydrogen-bond donors (Lipinski definition) is 0. The molecule has 0 fully saturated rings. The van der Waals surface area contributed by atoms with Crippen LogP contribution in [0.15, 0.2) is 60.7 Å². The van der Waals surface area contributed by atoms with Crippen molar-refractivity contribution in [2.45, 2.75) is 41.5 Å². The quantitative estimate of drug-likeness (QED) is 0.237. The minimum absolute atomic E-state index is 0. The number of benzene rings is 4. The van der Waals surface area contributed by atoms with Crippen molar-refractivity contribution in [1.82, 2.24) is 0 Å². The smallest absolute Gasteiger partial charge is 0.0211 e. The van der Waals surface area contributed by atoms with Crippen molar-refractivity contribution in [2.75, 3.05) is 0 Å². The predicted molar refractivity (Wildman–Crippen MR) is 134 cm³/mol. The summed E-state index contributed by atoms with van der Waals surface area (Å²) in [6, 6.07) is 23.1. The summed E-state index contributed by atoms with van der Waals surface area (Å²) in [6.45, 7) is 13.3. The summed E-state index contributed by atoms with van der Waals surface area (Å²) < 4.78 is 0. The van der Waals surface area contributed by atoms with Gasteiger partial charge in [-0.25, -0.2) is 0 Å². The third kappa shape index (κ3) is 3.81. The summed E-state index contributed by atoms with van der Waals surface area (Å²) >= 11 is 0. The number of hydrogen-bond acceptors (Lipinski definition) is 0. The van der Waals surface area contributed by atoms with Crippen molar-refractivity contribution < 1.29 is 21.7 Å². The molecular formula is C31H29Ti. The molecule has 0 saturated carbocycles. The fourth-order valence-electron chi connectivity index (χ4n) is 5.58. The first kappa shape index (κ1) is 22.8. The molecule has 4 aromatic rings. The van der Waals surface area contributed by atoms with Gasteiger partial charge in [-0.3, -0.25) is 0 Å². The summed E-state index contributed by atoms with van der Waals surface area (Å²) in [5, 5.41) is 0. The Hall–Kier alpha value is -2.41. The van der Waals surface area contributed by atoms with E-state index in [1.807, 2.05) is 0 Å². The van der Waals surface area contributed by atoms with E-state index in [4.69, 9.17) is 0 Å². The van der Waals surface area contributed by atoms with Gasteiger partial charge in [-0.15, -0.1) is 0 Å². The van der Waals surface area contributed by atoms with E-state index < -0.39 is 0 Å². The second-order valence-corrected chi connectivity index (χ2v) is 9.30. The van der Waals surface area contributed by atoms with E-state index in [2.05, 4.69) is 109 Å². The molecule has 0 nitrogen and oxygen atoms in total. The third-order valence-electron chi connectivity index (χ3n) is 6.64. The molecule has 0 saturated heterocycles. The molecule has 4 aromatic carbocycles. The Labute approximate surface area is 207 Å². The second kappa shape index (κ2) is 8.51. The number of rotatable bonds is 2. The van der Waals surface area contributed by atoms with Gasteiger partial charge in [-0.1, -0.05) is 59.7 Å². The van der Waals surface area contributed by atoms with Crippen LogP contribution in [0.3, 0.4) is 0 Å². The van der Waals surface area contributed by atoms with Gasteiger partial charge in [-0.2, -0.15) is 0 Å². The monoisotopic (exact) mass is 449 g/mol. The van der Waals surface area contributed by atoms with E-state index in [-0.39, 0.29) is 21.7 Å². The van der Waals surface area contributed by atoms with Gasteiger partial charge in [0, 0.05) is 28.1 Å². The molecule has 5 rings (SSSR count). The first-order valence-corrected chi connectivity index (χ1v) is 11.1. The van der Waals surface area contributed by atoms with Crippen molar-refractivity contribution in [3.8, 4) is 33.4 Å². The first-order valence-electron chi connectivity index (χ1n) is 11.1. The minimum Gasteiger partial charge on any atom is -0.0571 e. The molecule has 0 amide bonds. The SMILES string of the molecule is Cc1cc(C)c(-c2ccc3c(c2)-c2cc(-c4c(C)cc(C)cc4C)ccc2[CH]3)c(C)c1.[Ti]. The molecule has 0 aromatic heterocycles. The molecule has 0 heterocycles. The summed E-state index contributed by atoms with van der Waals surface area (Å²) in [4.78, 5) is 0. The van der Waals surface area contributed by atoms with E-state index >= 15 is 0 Å². The van der Waals surface area contributed by atoms with Crippen LogP contribution in [0.25, 0.3) is 33.4 Å². The topological polar surface area (TPSA) is 0 Å². The molecule has 1 aliphatic rings. The van der Waals surface area contributed by atoms with Gasteiger partial charge >= 0.3 is 0 Å². The Balaban J connectivity index is 0.00000245. The van der Waals surface area contributed by atoms with Crippen LogP contribution >= 0.6 is 0 Å². The molecule has 157 valence electrons. The molecule has 0 unspecified atom stereocenters. The van der Waals surface area contributed by atoms with E-state index in [1.165, 1.54) is 77.9 Å². The summed E-state index contributed by atoms with van der Waals surface area (Å²) in [7, 11) is 0. The van der Waals surface area contributed by atoms with Crippen molar-refractivity contribution in [1.29, 1.82) is 0 Å². The van der Waals surface area contributed by atoms with Crippen LogP contribution in [0.1, 0.15) is 44.5 Å². The molecule has 0 atom stereocenters. The first-order chi connectivity index (χ1) is 14.8. The average Bonchev–Trinajstić information content (AvgIpc) is 3.04. The number of aryl methyl sites for hydroxylation is 6. The second-order valence-electron chi connectivity index (χ2n) is 9.30. The Kier molecular flexibility index (Phi) is 6.05. The Bertz CT molecular complexity index is 1210. The fraction of sp³-hybridized carbons (Fsp3) is 0.194. The van der Waals surface area contributed by atoms with Crippen molar-refractivity contribution in [3.05, 3.63) is 112 Å². The molecular weight excluding hydrogens is 420 g/mol. The standard InChI is InChI=1S/C31H29.Ti/c1-18-11-20(3)30(21(4)12-18)26-9-7-24-15-25-8-10-27(17-29(25)28(24)16-26)31-22(5)13-19(2)14-23(31)6;/h7-17H,1-6H3;. The van der Waals surface area contributed by atoms with Crippen LogP contribution in [0.5, 0.6) is 0 Å². The zero-order valence-electron chi connectivity index (χ0n) is 19.9. The zero-order valence-corrected chi connectivity index (χ0v) is 21.4. The predicted octanol–water partition coefficient (Wildman–Crippen LogP) is 8.45.